The summed E-state index contributed by atoms with van der Waals surface area (Å²) in [5, 5.41) is 15.2. The molecular formula is C40H70N6Ni2O2S2+. The second-order valence-corrected chi connectivity index (χ2v) is 17.8. The minimum atomic E-state index is -1.17. The minimum absolute atomic E-state index is 0. The van der Waals surface area contributed by atoms with Crippen LogP contribution in [0, 0.1) is 0 Å². The molecule has 2 N–H and O–H groups in total. The Kier molecular flexibility index (Phi) is 23.4. The topological polar surface area (TPSA) is 59.9 Å². The maximum absolute atomic E-state index is 7.61. The SMILES string of the molecule is CC(O)O.CN1CCN(C)Cc2cc(C(C)(C)C)cc(c2[S-])CN(C)CCN(C)CCN(C)Cc2cc(C(C)(C)C)cc(c2[S-])CN(C)CC1.[Ni+3].[Ni]. The Hall–Kier alpha value is -0.453. The van der Waals surface area contributed by atoms with Crippen LogP contribution in [0.4, 0.5) is 0 Å². The smallest absolute Gasteiger partial charge is 0.779 e. The van der Waals surface area contributed by atoms with E-state index in [1.807, 2.05) is 0 Å². The zero-order chi connectivity index (χ0) is 38.0. The van der Waals surface area contributed by atoms with Crippen LogP contribution in [0.3, 0.4) is 0 Å². The van der Waals surface area contributed by atoms with Crippen molar-refractivity contribution < 1.29 is 43.2 Å². The predicted molar refractivity (Wildman–Crippen MR) is 216 cm³/mol. The number of benzene rings is 2. The number of fused-ring (bicyclic) bond motifs is 4. The van der Waals surface area contributed by atoms with E-state index in [0.717, 1.165) is 88.3 Å². The van der Waals surface area contributed by atoms with Gasteiger partial charge in [0.05, 0.1) is 0 Å². The molecule has 0 amide bonds. The molecule has 0 atom stereocenters. The fourth-order valence-corrected chi connectivity index (χ4v) is 6.41. The maximum Gasteiger partial charge on any atom is 3.00 e. The Labute approximate surface area is 349 Å². The normalized spacial score (nSPS) is 18.5. The molecule has 0 unspecified atom stereocenters. The summed E-state index contributed by atoms with van der Waals surface area (Å²) >= 11 is 12.3. The van der Waals surface area contributed by atoms with Crippen molar-refractivity contribution in [2.75, 3.05) is 94.6 Å². The third-order valence-electron chi connectivity index (χ3n) is 9.43. The van der Waals surface area contributed by atoms with Crippen LogP contribution in [0.2, 0.25) is 0 Å². The molecule has 1 aliphatic heterocycles. The molecule has 4 bridgehead atoms. The standard InChI is InChI=1S/C38H66N6S2.C2H6O2.2Ni/c1-37(2,3)33-21-29-25-41(9)17-13-39(7)15-19-43(11)27-31-23-34(38(4,5)6)24-32(36(31)46)28-44(12)20-16-40(8)14-18-42(10)26-30(22-33)35(29)45;1-2(3)4;;/h21-24,45-46H,13-20,25-28H2,1-12H3;2-4H,1H3;;/q;;;+3/p-2. The second kappa shape index (κ2) is 23.6. The van der Waals surface area contributed by atoms with Gasteiger partial charge < -0.3 is 64.9 Å². The molecule has 1 radical (unpaired) electrons. The van der Waals surface area contributed by atoms with Crippen LogP contribution in [0.15, 0.2) is 34.1 Å². The fraction of sp³-hybridized carbons (Fsp3) is 0.700. The van der Waals surface area contributed by atoms with E-state index < -0.39 is 6.29 Å². The van der Waals surface area contributed by atoms with Crippen LogP contribution in [0.1, 0.15) is 81.8 Å². The van der Waals surface area contributed by atoms with E-state index in [9.17, 15) is 0 Å². The van der Waals surface area contributed by atoms with Crippen LogP contribution in [-0.4, -0.2) is 141 Å². The molecule has 0 fully saturated rings. The van der Waals surface area contributed by atoms with Gasteiger partial charge >= 0.3 is 16.5 Å². The Bertz CT molecular complexity index is 1160. The molecule has 303 valence electrons. The minimum Gasteiger partial charge on any atom is -0.779 e. The van der Waals surface area contributed by atoms with Gasteiger partial charge in [0.15, 0.2) is 0 Å². The molecule has 2 aromatic carbocycles. The number of aliphatic hydroxyl groups is 2. The molecule has 0 aromatic heterocycles. The van der Waals surface area contributed by atoms with Crippen LogP contribution in [0.25, 0.3) is 0 Å². The summed E-state index contributed by atoms with van der Waals surface area (Å²) in [5.74, 6) is 0. The Morgan fingerprint density at radius 2 is 0.654 bits per heavy atom. The molecule has 12 heteroatoms. The second-order valence-electron chi connectivity index (χ2n) is 16.9. The maximum atomic E-state index is 7.61. The Morgan fingerprint density at radius 1 is 0.481 bits per heavy atom. The molecular weight excluding hydrogens is 778 g/mol. The summed E-state index contributed by atoms with van der Waals surface area (Å²) in [7, 11) is 13.4. The van der Waals surface area contributed by atoms with E-state index in [2.05, 4.69) is 137 Å². The first-order chi connectivity index (χ1) is 23.1. The van der Waals surface area contributed by atoms with Crippen molar-refractivity contribution in [3.8, 4) is 0 Å². The number of rotatable bonds is 0. The fourth-order valence-electron chi connectivity index (χ4n) is 5.91. The molecule has 0 saturated heterocycles. The summed E-state index contributed by atoms with van der Waals surface area (Å²) in [6.45, 7) is 26.6. The van der Waals surface area contributed by atoms with Crippen molar-refractivity contribution in [1.29, 1.82) is 0 Å². The number of aliphatic hydroxyl groups excluding tert-OH is 1. The first-order valence-electron chi connectivity index (χ1n) is 18.2. The van der Waals surface area contributed by atoms with Crippen molar-refractivity contribution in [2.45, 2.75) is 102 Å². The van der Waals surface area contributed by atoms with Crippen LogP contribution >= 0.6 is 0 Å². The van der Waals surface area contributed by atoms with E-state index in [0.29, 0.717) is 0 Å². The van der Waals surface area contributed by atoms with Crippen molar-refractivity contribution >= 4 is 25.3 Å². The summed E-state index contributed by atoms with van der Waals surface area (Å²) < 4.78 is 0. The Morgan fingerprint density at radius 3 is 0.827 bits per heavy atom. The third kappa shape index (κ3) is 18.5. The first kappa shape index (κ1) is 51.5. The van der Waals surface area contributed by atoms with Gasteiger partial charge in [0.2, 0.25) is 0 Å². The zero-order valence-corrected chi connectivity index (χ0v) is 38.0. The van der Waals surface area contributed by atoms with Crippen LogP contribution in [0.5, 0.6) is 0 Å². The number of hydrogen-bond acceptors (Lipinski definition) is 10. The molecule has 0 saturated carbocycles. The monoisotopic (exact) mass is 846 g/mol. The van der Waals surface area contributed by atoms with E-state index >= 15 is 0 Å². The summed E-state index contributed by atoms with van der Waals surface area (Å²) in [6, 6.07) is 9.46. The van der Waals surface area contributed by atoms with Crippen molar-refractivity contribution in [1.82, 2.24) is 29.4 Å². The molecule has 8 nitrogen and oxygen atoms in total. The molecule has 0 aliphatic carbocycles. The molecule has 0 spiro atoms. The third-order valence-corrected chi connectivity index (χ3v) is 10.5. The van der Waals surface area contributed by atoms with E-state index in [-0.39, 0.29) is 43.8 Å². The van der Waals surface area contributed by atoms with E-state index in [1.165, 1.54) is 40.3 Å². The van der Waals surface area contributed by atoms with Gasteiger partial charge in [0.1, 0.15) is 6.29 Å². The quantitative estimate of drug-likeness (QED) is 0.222. The van der Waals surface area contributed by atoms with Gasteiger partial charge in [-0.3, -0.25) is 0 Å². The van der Waals surface area contributed by atoms with Crippen LogP contribution in [-0.2, 0) is 95.2 Å². The zero-order valence-electron chi connectivity index (χ0n) is 34.4. The van der Waals surface area contributed by atoms with Gasteiger partial charge in [-0.2, -0.15) is 9.79 Å². The summed E-state index contributed by atoms with van der Waals surface area (Å²) in [5.41, 5.74) is 8.01. The van der Waals surface area contributed by atoms with Crippen molar-refractivity contribution in [2.24, 2.45) is 0 Å². The molecule has 1 aliphatic rings. The van der Waals surface area contributed by atoms with Gasteiger partial charge in [0, 0.05) is 95.0 Å². The number of hydrogen-bond donors (Lipinski definition) is 2. The Balaban J connectivity index is 0.00000411. The van der Waals surface area contributed by atoms with E-state index in [1.54, 1.807) is 0 Å². The van der Waals surface area contributed by atoms with Gasteiger partial charge in [-0.05, 0) is 71.2 Å². The predicted octanol–water partition coefficient (Wildman–Crippen LogP) is 4.71. The number of likely N-dealkylation sites (N-methyl/N-ethyl adjacent to an activating group) is 6. The van der Waals surface area contributed by atoms with Gasteiger partial charge in [-0.1, -0.05) is 88.1 Å². The first-order valence-corrected chi connectivity index (χ1v) is 19.0. The molecule has 2 aromatic rings. The van der Waals surface area contributed by atoms with Gasteiger partial charge in [-0.15, -0.1) is 0 Å². The van der Waals surface area contributed by atoms with Crippen molar-refractivity contribution in [3.05, 3.63) is 57.6 Å². The summed E-state index contributed by atoms with van der Waals surface area (Å²) in [4.78, 5) is 16.7. The largest absolute Gasteiger partial charge is 3.00 e. The average Bonchev–Trinajstić information content (AvgIpc) is 2.99. The van der Waals surface area contributed by atoms with Gasteiger partial charge in [0.25, 0.3) is 0 Å². The van der Waals surface area contributed by atoms with Gasteiger partial charge in [-0.25, -0.2) is 0 Å². The molecule has 3 rings (SSSR count). The van der Waals surface area contributed by atoms with Crippen molar-refractivity contribution in [3.63, 3.8) is 0 Å². The molecule has 1 heterocycles. The van der Waals surface area contributed by atoms with E-state index in [4.69, 9.17) is 35.5 Å². The molecule has 52 heavy (non-hydrogen) atoms. The number of nitrogens with zero attached hydrogens (tertiary/aromatic N) is 6. The van der Waals surface area contributed by atoms with Crippen LogP contribution < -0.4 is 0 Å². The average molecular weight is 849 g/mol. The summed E-state index contributed by atoms with van der Waals surface area (Å²) in [6.07, 6.45) is -1.17.